The summed E-state index contributed by atoms with van der Waals surface area (Å²) in [6.07, 6.45) is 2.85. The minimum atomic E-state index is -0.202. The topological polar surface area (TPSA) is 58.6 Å². The number of rotatable bonds is 1. The van der Waals surface area contributed by atoms with Crippen LogP contribution in [0.5, 0.6) is 0 Å². The fourth-order valence-electron chi connectivity index (χ4n) is 1.04. The van der Waals surface area contributed by atoms with Gasteiger partial charge in [0.15, 0.2) is 0 Å². The third-order valence-corrected chi connectivity index (χ3v) is 1.89. The van der Waals surface area contributed by atoms with Gasteiger partial charge >= 0.3 is 0 Å². The molecule has 0 unspecified atom stereocenters. The quantitative estimate of drug-likeness (QED) is 0.771. The van der Waals surface area contributed by atoms with Gasteiger partial charge in [0, 0.05) is 12.3 Å². The van der Waals surface area contributed by atoms with Crippen LogP contribution in [0, 0.1) is 0 Å². The van der Waals surface area contributed by atoms with E-state index in [1.807, 2.05) is 0 Å². The SMILES string of the molecule is O=c1cc(-c2ccc(Cl)cn2)nc[nH]1. The fraction of sp³-hybridized carbons (Fsp3) is 0. The number of hydrogen-bond acceptors (Lipinski definition) is 3. The average Bonchev–Trinajstić information content (AvgIpc) is 2.19. The van der Waals surface area contributed by atoms with Crippen LogP contribution < -0.4 is 5.56 Å². The lowest BCUT2D eigenvalue weighted by molar-refractivity contribution is 1.11. The molecule has 0 atom stereocenters. The molecule has 0 aromatic carbocycles. The molecule has 5 heteroatoms. The molecule has 0 aliphatic carbocycles. The van der Waals surface area contributed by atoms with Crippen molar-refractivity contribution in [3.63, 3.8) is 0 Å². The first-order valence-electron chi connectivity index (χ1n) is 3.92. The molecule has 0 radical (unpaired) electrons. The summed E-state index contributed by atoms with van der Waals surface area (Å²) in [6.45, 7) is 0. The zero-order valence-corrected chi connectivity index (χ0v) is 7.82. The first kappa shape index (κ1) is 8.90. The molecular formula is C9H6ClN3O. The molecule has 0 spiro atoms. The average molecular weight is 208 g/mol. The number of aromatic nitrogens is 3. The second-order valence-electron chi connectivity index (χ2n) is 2.66. The standard InChI is InChI=1S/C9H6ClN3O/c10-6-1-2-7(11-4-6)8-3-9(14)13-5-12-8/h1-5H,(H,12,13,14). The number of aromatic amines is 1. The summed E-state index contributed by atoms with van der Waals surface area (Å²) >= 11 is 5.68. The molecule has 1 N–H and O–H groups in total. The van der Waals surface area contributed by atoms with Crippen LogP contribution in [-0.4, -0.2) is 15.0 Å². The highest BCUT2D eigenvalue weighted by Gasteiger charge is 2.00. The smallest absolute Gasteiger partial charge is 0.251 e. The van der Waals surface area contributed by atoms with E-state index in [1.54, 1.807) is 12.1 Å². The summed E-state index contributed by atoms with van der Waals surface area (Å²) in [6, 6.07) is 4.80. The Kier molecular flexibility index (Phi) is 2.28. The highest BCUT2D eigenvalue weighted by Crippen LogP contribution is 2.13. The molecule has 0 aliphatic heterocycles. The van der Waals surface area contributed by atoms with Crippen molar-refractivity contribution in [3.8, 4) is 11.4 Å². The highest BCUT2D eigenvalue weighted by molar-refractivity contribution is 6.30. The fourth-order valence-corrected chi connectivity index (χ4v) is 1.15. The molecule has 2 aromatic heterocycles. The monoisotopic (exact) mass is 207 g/mol. The molecule has 2 aromatic rings. The zero-order valence-electron chi connectivity index (χ0n) is 7.07. The van der Waals surface area contributed by atoms with Crippen molar-refractivity contribution in [1.29, 1.82) is 0 Å². The van der Waals surface area contributed by atoms with Crippen LogP contribution >= 0.6 is 11.6 Å². The second-order valence-corrected chi connectivity index (χ2v) is 3.09. The Balaban J connectivity index is 2.50. The molecular weight excluding hydrogens is 202 g/mol. The summed E-state index contributed by atoms with van der Waals surface area (Å²) in [5.74, 6) is 0. The summed E-state index contributed by atoms with van der Waals surface area (Å²) < 4.78 is 0. The van der Waals surface area contributed by atoms with Gasteiger partial charge in [0.05, 0.1) is 22.7 Å². The third-order valence-electron chi connectivity index (χ3n) is 1.67. The van der Waals surface area contributed by atoms with Crippen LogP contribution in [0.25, 0.3) is 11.4 Å². The Bertz CT molecular complexity index is 492. The molecule has 70 valence electrons. The van der Waals surface area contributed by atoms with Crippen molar-refractivity contribution in [2.45, 2.75) is 0 Å². The number of nitrogens with zero attached hydrogens (tertiary/aromatic N) is 2. The van der Waals surface area contributed by atoms with E-state index in [2.05, 4.69) is 15.0 Å². The highest BCUT2D eigenvalue weighted by atomic mass is 35.5. The van der Waals surface area contributed by atoms with Crippen LogP contribution in [0.4, 0.5) is 0 Å². The Morgan fingerprint density at radius 2 is 2.07 bits per heavy atom. The lowest BCUT2D eigenvalue weighted by atomic mass is 10.2. The van der Waals surface area contributed by atoms with Crippen LogP contribution in [0.15, 0.2) is 35.5 Å². The second kappa shape index (κ2) is 3.59. The van der Waals surface area contributed by atoms with Gasteiger partial charge in [0.25, 0.3) is 5.56 Å². The van der Waals surface area contributed by atoms with E-state index in [4.69, 9.17) is 11.6 Å². The van der Waals surface area contributed by atoms with E-state index in [-0.39, 0.29) is 5.56 Å². The Hall–Kier alpha value is -1.68. The first-order chi connectivity index (χ1) is 6.75. The molecule has 4 nitrogen and oxygen atoms in total. The van der Waals surface area contributed by atoms with E-state index >= 15 is 0 Å². The zero-order chi connectivity index (χ0) is 9.97. The number of halogens is 1. The van der Waals surface area contributed by atoms with Gasteiger partial charge in [0.1, 0.15) is 0 Å². The lowest BCUT2D eigenvalue weighted by Crippen LogP contribution is -2.04. The number of pyridine rings is 1. The molecule has 14 heavy (non-hydrogen) atoms. The van der Waals surface area contributed by atoms with Crippen LogP contribution in [0.2, 0.25) is 5.02 Å². The number of nitrogens with one attached hydrogen (secondary N) is 1. The summed E-state index contributed by atoms with van der Waals surface area (Å²) in [5, 5.41) is 0.554. The lowest BCUT2D eigenvalue weighted by Gasteiger charge is -1.97. The maximum atomic E-state index is 11.0. The maximum absolute atomic E-state index is 11.0. The van der Waals surface area contributed by atoms with Crippen molar-refractivity contribution in [2.24, 2.45) is 0 Å². The van der Waals surface area contributed by atoms with E-state index in [1.165, 1.54) is 18.6 Å². The van der Waals surface area contributed by atoms with Gasteiger partial charge in [-0.15, -0.1) is 0 Å². The predicted molar refractivity (Wildman–Crippen MR) is 53.1 cm³/mol. The molecule has 0 fully saturated rings. The van der Waals surface area contributed by atoms with Gasteiger partial charge in [-0.2, -0.15) is 0 Å². The van der Waals surface area contributed by atoms with Crippen molar-refractivity contribution in [1.82, 2.24) is 15.0 Å². The number of hydrogen-bond donors (Lipinski definition) is 1. The maximum Gasteiger partial charge on any atom is 0.251 e. The van der Waals surface area contributed by atoms with E-state index < -0.39 is 0 Å². The summed E-state index contributed by atoms with van der Waals surface area (Å²) in [5.41, 5.74) is 0.956. The first-order valence-corrected chi connectivity index (χ1v) is 4.30. The van der Waals surface area contributed by atoms with Crippen LogP contribution in [0.3, 0.4) is 0 Å². The van der Waals surface area contributed by atoms with Crippen LogP contribution in [0.1, 0.15) is 0 Å². The van der Waals surface area contributed by atoms with E-state index in [0.717, 1.165) is 0 Å². The van der Waals surface area contributed by atoms with Gasteiger partial charge in [-0.25, -0.2) is 4.98 Å². The Morgan fingerprint density at radius 1 is 1.21 bits per heavy atom. The molecule has 0 saturated heterocycles. The molecule has 2 rings (SSSR count). The van der Waals surface area contributed by atoms with Crippen molar-refractivity contribution >= 4 is 11.6 Å². The molecule has 0 aliphatic rings. The Labute approximate surface area is 84.6 Å². The Morgan fingerprint density at radius 3 is 2.71 bits per heavy atom. The predicted octanol–water partition coefficient (Wildman–Crippen LogP) is 1.49. The van der Waals surface area contributed by atoms with Crippen molar-refractivity contribution in [3.05, 3.63) is 46.1 Å². The van der Waals surface area contributed by atoms with Gasteiger partial charge in [-0.1, -0.05) is 11.6 Å². The normalized spacial score (nSPS) is 10.1. The largest absolute Gasteiger partial charge is 0.313 e. The van der Waals surface area contributed by atoms with Gasteiger partial charge in [-0.3, -0.25) is 9.78 Å². The van der Waals surface area contributed by atoms with Crippen molar-refractivity contribution in [2.75, 3.05) is 0 Å². The third kappa shape index (κ3) is 1.80. The minimum absolute atomic E-state index is 0.202. The van der Waals surface area contributed by atoms with Gasteiger partial charge in [0.2, 0.25) is 0 Å². The molecule has 0 amide bonds. The minimum Gasteiger partial charge on any atom is -0.313 e. The van der Waals surface area contributed by atoms with Crippen LogP contribution in [-0.2, 0) is 0 Å². The van der Waals surface area contributed by atoms with E-state index in [9.17, 15) is 4.79 Å². The molecule has 0 bridgehead atoms. The van der Waals surface area contributed by atoms with Crippen molar-refractivity contribution < 1.29 is 0 Å². The molecule has 2 heterocycles. The summed E-state index contributed by atoms with van der Waals surface area (Å²) in [4.78, 5) is 21.4. The molecule has 0 saturated carbocycles. The van der Waals surface area contributed by atoms with E-state index in [0.29, 0.717) is 16.4 Å². The number of H-pyrrole nitrogens is 1. The summed E-state index contributed by atoms with van der Waals surface area (Å²) in [7, 11) is 0. The van der Waals surface area contributed by atoms with Gasteiger partial charge < -0.3 is 4.98 Å². The van der Waals surface area contributed by atoms with Gasteiger partial charge in [-0.05, 0) is 12.1 Å².